The summed E-state index contributed by atoms with van der Waals surface area (Å²) >= 11 is 1.67. The van der Waals surface area contributed by atoms with Gasteiger partial charge in [-0.05, 0) is 30.0 Å². The van der Waals surface area contributed by atoms with Gasteiger partial charge in [-0.1, -0.05) is 23.4 Å². The first-order valence-corrected chi connectivity index (χ1v) is 9.03. The third kappa shape index (κ3) is 3.48. The van der Waals surface area contributed by atoms with Crippen molar-refractivity contribution in [1.82, 2.24) is 15.0 Å². The van der Waals surface area contributed by atoms with Crippen LogP contribution in [0.1, 0.15) is 23.2 Å². The van der Waals surface area contributed by atoms with Gasteiger partial charge in [0.25, 0.3) is 0 Å². The van der Waals surface area contributed by atoms with Gasteiger partial charge in [0.05, 0.1) is 17.8 Å². The average Bonchev–Trinajstić information content (AvgIpc) is 3.36. The molecule has 1 aromatic carbocycles. The summed E-state index contributed by atoms with van der Waals surface area (Å²) in [5.74, 6) is 0.766. The third-order valence-electron chi connectivity index (χ3n) is 4.37. The Bertz CT molecular complexity index is 867. The molecular formula is C17H17N4O4S-. The Kier molecular flexibility index (Phi) is 4.70. The number of nitrogens with zero attached hydrogens (tertiary/aromatic N) is 4. The number of likely N-dealkylation sites (tertiary alicyclic amines) is 1. The molecule has 2 aromatic heterocycles. The molecule has 1 aliphatic rings. The van der Waals surface area contributed by atoms with Gasteiger partial charge in [-0.3, -0.25) is 10.1 Å². The van der Waals surface area contributed by atoms with E-state index >= 15 is 0 Å². The van der Waals surface area contributed by atoms with Crippen molar-refractivity contribution in [2.75, 3.05) is 11.8 Å². The van der Waals surface area contributed by atoms with Gasteiger partial charge in [0.1, 0.15) is 0 Å². The first kappa shape index (κ1) is 17.1. The lowest BCUT2D eigenvalue weighted by Crippen LogP contribution is -2.24. The van der Waals surface area contributed by atoms with E-state index in [4.69, 9.17) is 9.73 Å². The largest absolute Gasteiger partial charge is 0.733 e. The molecule has 0 saturated carbocycles. The van der Waals surface area contributed by atoms with E-state index in [0.29, 0.717) is 36.8 Å². The first-order chi connectivity index (χ1) is 12.6. The van der Waals surface area contributed by atoms with Crippen LogP contribution in [0, 0.1) is 5.21 Å². The van der Waals surface area contributed by atoms with Crippen molar-refractivity contribution in [1.29, 1.82) is 0 Å². The molecule has 4 rings (SSSR count). The summed E-state index contributed by atoms with van der Waals surface area (Å²) < 4.78 is 5.44. The van der Waals surface area contributed by atoms with E-state index in [1.165, 1.54) is 17.0 Å². The number of thiophene rings is 1. The zero-order valence-corrected chi connectivity index (χ0v) is 14.5. The van der Waals surface area contributed by atoms with Crippen LogP contribution in [0.25, 0.3) is 11.4 Å². The average molecular weight is 373 g/mol. The summed E-state index contributed by atoms with van der Waals surface area (Å²) in [6.07, 6.45) is 0.0833. The molecule has 9 heteroatoms. The quantitative estimate of drug-likeness (QED) is 0.657. The molecule has 2 atom stereocenters. The number of aromatic nitrogens is 2. The van der Waals surface area contributed by atoms with Crippen molar-refractivity contribution in [2.45, 2.75) is 25.1 Å². The maximum atomic E-state index is 11.0. The molecule has 0 amide bonds. The summed E-state index contributed by atoms with van der Waals surface area (Å²) in [5, 5.41) is 36.0. The van der Waals surface area contributed by atoms with Crippen LogP contribution >= 0.6 is 11.3 Å². The summed E-state index contributed by atoms with van der Waals surface area (Å²) in [6, 6.07) is 10.2. The normalized spacial score (nSPS) is 20.6. The summed E-state index contributed by atoms with van der Waals surface area (Å²) in [7, 11) is 0. The van der Waals surface area contributed by atoms with Crippen molar-refractivity contribution in [2.24, 2.45) is 0 Å². The van der Waals surface area contributed by atoms with Crippen LogP contribution in [0.3, 0.4) is 0 Å². The van der Waals surface area contributed by atoms with Gasteiger partial charge < -0.3 is 20.1 Å². The molecule has 3 heterocycles. The molecule has 26 heavy (non-hydrogen) atoms. The second kappa shape index (κ2) is 7.14. The molecule has 0 unspecified atom stereocenters. The number of β-amino-alcohol motifs (C(OH)–C–C–N with tert-alkyl or cyclic N) is 1. The lowest BCUT2D eigenvalue weighted by Gasteiger charge is -2.21. The van der Waals surface area contributed by atoms with E-state index in [0.717, 1.165) is 0 Å². The lowest BCUT2D eigenvalue weighted by atomic mass is 10.2. The Morgan fingerprint density at radius 3 is 3.00 bits per heavy atom. The topological polar surface area (TPSA) is 109 Å². The van der Waals surface area contributed by atoms with Gasteiger partial charge >= 0.3 is 0 Å². The van der Waals surface area contributed by atoms with Gasteiger partial charge in [0, 0.05) is 23.5 Å². The van der Waals surface area contributed by atoms with Gasteiger partial charge in [0.2, 0.25) is 11.7 Å². The van der Waals surface area contributed by atoms with Gasteiger partial charge in [-0.25, -0.2) is 0 Å². The maximum Gasteiger partial charge on any atom is 0.244 e. The van der Waals surface area contributed by atoms with Crippen LogP contribution < -0.4 is 5.23 Å². The minimum Gasteiger partial charge on any atom is -0.733 e. The molecule has 0 bridgehead atoms. The second-order valence-electron chi connectivity index (χ2n) is 6.19. The molecule has 136 valence electrons. The summed E-state index contributed by atoms with van der Waals surface area (Å²) in [6.45, 7) is 1.26. The highest BCUT2D eigenvalue weighted by Crippen LogP contribution is 2.34. The van der Waals surface area contributed by atoms with E-state index < -0.39 is 6.10 Å². The van der Waals surface area contributed by atoms with Crippen molar-refractivity contribution in [3.63, 3.8) is 0 Å². The maximum absolute atomic E-state index is 11.0. The zero-order valence-electron chi connectivity index (χ0n) is 13.7. The molecular weight excluding hydrogens is 356 g/mol. The Hall–Kier alpha value is -2.30. The monoisotopic (exact) mass is 373 g/mol. The minimum absolute atomic E-state index is 0.0875. The molecule has 0 radical (unpaired) electrons. The molecule has 2 N–H and O–H groups in total. The molecule has 1 fully saturated rings. The Labute approximate surface area is 153 Å². The van der Waals surface area contributed by atoms with Crippen molar-refractivity contribution in [3.8, 4) is 11.4 Å². The highest BCUT2D eigenvalue weighted by molar-refractivity contribution is 7.09. The number of rotatable bonds is 5. The fraction of sp³-hybridized carbons (Fsp3) is 0.294. The molecule has 8 nitrogen and oxygen atoms in total. The third-order valence-corrected chi connectivity index (χ3v) is 5.23. The van der Waals surface area contributed by atoms with E-state index in [-0.39, 0.29) is 17.0 Å². The summed E-state index contributed by atoms with van der Waals surface area (Å²) in [4.78, 5) is 7.77. The van der Waals surface area contributed by atoms with Crippen molar-refractivity contribution >= 4 is 17.0 Å². The fourth-order valence-electron chi connectivity index (χ4n) is 3.17. The predicted octanol–water partition coefficient (Wildman–Crippen LogP) is 2.80. The lowest BCUT2D eigenvalue weighted by molar-refractivity contribution is 0.170. The zero-order chi connectivity index (χ0) is 18.1. The number of aliphatic hydroxyl groups excluding tert-OH is 1. The molecule has 0 aliphatic carbocycles. The Balaban J connectivity index is 1.57. The highest BCUT2D eigenvalue weighted by Gasteiger charge is 2.36. The summed E-state index contributed by atoms with van der Waals surface area (Å²) in [5.41, 5.74) is 0.653. The fourth-order valence-corrected chi connectivity index (χ4v) is 3.89. The van der Waals surface area contributed by atoms with Crippen LogP contribution in [0.2, 0.25) is 0 Å². The highest BCUT2D eigenvalue weighted by atomic mass is 32.1. The van der Waals surface area contributed by atoms with Gasteiger partial charge in [-0.2, -0.15) is 4.98 Å². The van der Waals surface area contributed by atoms with E-state index in [9.17, 15) is 10.3 Å². The van der Waals surface area contributed by atoms with Crippen molar-refractivity contribution in [3.05, 3.63) is 57.8 Å². The van der Waals surface area contributed by atoms with Crippen LogP contribution in [-0.4, -0.2) is 38.0 Å². The number of aliphatic hydroxyl groups is 1. The Morgan fingerprint density at radius 2 is 2.23 bits per heavy atom. The van der Waals surface area contributed by atoms with Gasteiger partial charge in [0.15, 0.2) is 0 Å². The molecule has 1 aliphatic heterocycles. The number of anilines is 1. The van der Waals surface area contributed by atoms with Crippen LogP contribution in [0.5, 0.6) is 0 Å². The van der Waals surface area contributed by atoms with Crippen LogP contribution in [0.4, 0.5) is 5.69 Å². The van der Waals surface area contributed by atoms with E-state index in [1.54, 1.807) is 23.5 Å². The first-order valence-electron chi connectivity index (χ1n) is 8.15. The second-order valence-corrected chi connectivity index (χ2v) is 7.23. The number of hydrogen-bond acceptors (Lipinski definition) is 9. The smallest absolute Gasteiger partial charge is 0.244 e. The number of hydrogen-bond donors (Lipinski definition) is 2. The predicted molar refractivity (Wildman–Crippen MR) is 95.5 cm³/mol. The SMILES string of the molecule is [O-]N(O)c1cccc(-c2noc([C@@H]3C[C@@H](O)CN3Cc3cccs3)n2)c1. The molecule has 1 saturated heterocycles. The van der Waals surface area contributed by atoms with Gasteiger partial charge in [-0.15, -0.1) is 11.3 Å². The molecule has 3 aromatic rings. The minimum atomic E-state index is -0.443. The van der Waals surface area contributed by atoms with E-state index in [1.807, 2.05) is 11.4 Å². The standard InChI is InChI=1S/C17H17N4O4S/c22-13-8-15(20(9-13)10-14-5-2-6-26-14)17-18-16(19-25-17)11-3-1-4-12(7-11)21(23)24/h1-7,13,15,22-23H,8-10H2/q-1/t13-,15+/m1/s1. The van der Waals surface area contributed by atoms with E-state index in [2.05, 4.69) is 21.1 Å². The molecule has 0 spiro atoms. The van der Waals surface area contributed by atoms with Crippen LogP contribution in [0.15, 0.2) is 46.3 Å². The van der Waals surface area contributed by atoms with Crippen molar-refractivity contribution < 1.29 is 14.8 Å². The Morgan fingerprint density at radius 1 is 1.35 bits per heavy atom. The van der Waals surface area contributed by atoms with Crippen LogP contribution in [-0.2, 0) is 6.54 Å². The number of benzene rings is 1.